The molecule has 1 aromatic carbocycles. The van der Waals surface area contributed by atoms with E-state index in [1.165, 1.54) is 19.2 Å². The van der Waals surface area contributed by atoms with Gasteiger partial charge in [-0.05, 0) is 18.2 Å². The molecule has 2 rings (SSSR count). The largest absolute Gasteiger partial charge is 0.490 e. The minimum Gasteiger partial charge on any atom is -0.490 e. The number of nitro benzene ring substituents is 1. The maximum Gasteiger partial charge on any atom is 0.338 e. The van der Waals surface area contributed by atoms with Crippen LogP contribution in [-0.4, -0.2) is 34.4 Å². The van der Waals surface area contributed by atoms with Crippen molar-refractivity contribution in [3.05, 3.63) is 52.3 Å². The average Bonchev–Trinajstić information content (AvgIpc) is 2.99. The van der Waals surface area contributed by atoms with E-state index in [9.17, 15) is 14.9 Å². The van der Waals surface area contributed by atoms with Crippen LogP contribution in [0.25, 0.3) is 0 Å². The fourth-order valence-electron chi connectivity index (χ4n) is 1.71. The molecular weight excluding hydrogens is 278 g/mol. The summed E-state index contributed by atoms with van der Waals surface area (Å²) in [6, 6.07) is 5.67. The van der Waals surface area contributed by atoms with E-state index in [-0.39, 0.29) is 23.6 Å². The lowest BCUT2D eigenvalue weighted by atomic mass is 10.2. The highest BCUT2D eigenvalue weighted by Gasteiger charge is 2.18. The van der Waals surface area contributed by atoms with Gasteiger partial charge >= 0.3 is 11.7 Å². The van der Waals surface area contributed by atoms with E-state index in [1.807, 2.05) is 0 Å². The molecule has 0 unspecified atom stereocenters. The van der Waals surface area contributed by atoms with Crippen LogP contribution in [0, 0.1) is 10.1 Å². The van der Waals surface area contributed by atoms with Crippen molar-refractivity contribution in [2.45, 2.75) is 6.54 Å². The molecule has 0 atom stereocenters. The summed E-state index contributed by atoms with van der Waals surface area (Å²) < 4.78 is 11.5. The number of hydrogen-bond acceptors (Lipinski definition) is 6. The van der Waals surface area contributed by atoms with Gasteiger partial charge in [0.15, 0.2) is 5.75 Å². The number of methoxy groups -OCH3 is 1. The quantitative estimate of drug-likeness (QED) is 0.456. The van der Waals surface area contributed by atoms with Crippen LogP contribution in [0.4, 0.5) is 5.69 Å². The first kappa shape index (κ1) is 14.5. The molecule has 110 valence electrons. The highest BCUT2D eigenvalue weighted by molar-refractivity contribution is 5.90. The van der Waals surface area contributed by atoms with Gasteiger partial charge < -0.3 is 9.47 Å². The summed E-state index contributed by atoms with van der Waals surface area (Å²) in [5.74, 6) is -0.541. The highest BCUT2D eigenvalue weighted by atomic mass is 16.6. The van der Waals surface area contributed by atoms with Crippen LogP contribution in [-0.2, 0) is 11.3 Å². The molecule has 0 aliphatic rings. The number of benzene rings is 1. The number of rotatable bonds is 6. The molecule has 0 saturated heterocycles. The number of aromatic nitrogens is 2. The number of carbonyl (C=O) groups is 1. The normalized spacial score (nSPS) is 10.1. The fraction of sp³-hybridized carbons (Fsp3) is 0.231. The van der Waals surface area contributed by atoms with Crippen LogP contribution in [0.5, 0.6) is 5.75 Å². The second kappa shape index (κ2) is 6.51. The SMILES string of the molecule is COc1ccc(C(=O)OCCn2cccn2)cc1[N+](=O)[O-]. The van der Waals surface area contributed by atoms with Crippen molar-refractivity contribution >= 4 is 11.7 Å². The van der Waals surface area contributed by atoms with E-state index in [2.05, 4.69) is 5.10 Å². The summed E-state index contributed by atoms with van der Waals surface area (Å²) in [5, 5.41) is 14.9. The Morgan fingerprint density at radius 1 is 1.48 bits per heavy atom. The highest BCUT2D eigenvalue weighted by Crippen LogP contribution is 2.27. The fourth-order valence-corrected chi connectivity index (χ4v) is 1.71. The van der Waals surface area contributed by atoms with Gasteiger partial charge in [0, 0.05) is 18.5 Å². The van der Waals surface area contributed by atoms with E-state index >= 15 is 0 Å². The monoisotopic (exact) mass is 291 g/mol. The lowest BCUT2D eigenvalue weighted by Gasteiger charge is -2.06. The molecule has 0 fully saturated rings. The van der Waals surface area contributed by atoms with Gasteiger partial charge in [-0.1, -0.05) is 0 Å². The zero-order valence-electron chi connectivity index (χ0n) is 11.3. The molecule has 2 aromatic rings. The first-order chi connectivity index (χ1) is 10.1. The molecule has 0 amide bonds. The second-order valence-electron chi connectivity index (χ2n) is 4.05. The van der Waals surface area contributed by atoms with Crippen molar-refractivity contribution in [3.8, 4) is 5.75 Å². The van der Waals surface area contributed by atoms with Gasteiger partial charge in [0.25, 0.3) is 0 Å². The molecule has 1 heterocycles. The van der Waals surface area contributed by atoms with Gasteiger partial charge in [0.05, 0.1) is 24.1 Å². The van der Waals surface area contributed by atoms with Gasteiger partial charge in [0.2, 0.25) is 0 Å². The van der Waals surface area contributed by atoms with Gasteiger partial charge in [-0.25, -0.2) is 4.79 Å². The zero-order valence-corrected chi connectivity index (χ0v) is 11.3. The third-order valence-corrected chi connectivity index (χ3v) is 2.72. The average molecular weight is 291 g/mol. The summed E-state index contributed by atoms with van der Waals surface area (Å²) in [6.07, 6.45) is 3.36. The van der Waals surface area contributed by atoms with Crippen LogP contribution in [0.3, 0.4) is 0 Å². The Morgan fingerprint density at radius 3 is 2.90 bits per heavy atom. The molecular formula is C13H13N3O5. The van der Waals surface area contributed by atoms with Crippen molar-refractivity contribution < 1.29 is 19.2 Å². The van der Waals surface area contributed by atoms with Crippen molar-refractivity contribution in [1.29, 1.82) is 0 Å². The van der Waals surface area contributed by atoms with Gasteiger partial charge in [-0.2, -0.15) is 5.10 Å². The minimum absolute atomic E-state index is 0.0908. The molecule has 1 aromatic heterocycles. The number of hydrogen-bond donors (Lipinski definition) is 0. The van der Waals surface area contributed by atoms with Crippen LogP contribution in [0.2, 0.25) is 0 Å². The molecule has 0 aliphatic carbocycles. The summed E-state index contributed by atoms with van der Waals surface area (Å²) in [6.45, 7) is 0.539. The van der Waals surface area contributed by atoms with Crippen molar-refractivity contribution in [2.24, 2.45) is 0 Å². The predicted molar refractivity (Wildman–Crippen MR) is 72.2 cm³/mol. The second-order valence-corrected chi connectivity index (χ2v) is 4.05. The van der Waals surface area contributed by atoms with Crippen LogP contribution in [0.1, 0.15) is 10.4 Å². The molecule has 0 N–H and O–H groups in total. The standard InChI is InChI=1S/C13H13N3O5/c1-20-12-4-3-10(9-11(12)16(18)19)13(17)21-8-7-15-6-2-5-14-15/h2-6,9H,7-8H2,1H3. The Labute approximate surface area is 120 Å². The van der Waals surface area contributed by atoms with Crippen molar-refractivity contribution in [1.82, 2.24) is 9.78 Å². The predicted octanol–water partition coefficient (Wildman–Crippen LogP) is 1.66. The summed E-state index contributed by atoms with van der Waals surface area (Å²) in [5.41, 5.74) is -0.179. The lowest BCUT2D eigenvalue weighted by Crippen LogP contribution is -2.12. The first-order valence-corrected chi connectivity index (χ1v) is 6.09. The van der Waals surface area contributed by atoms with Crippen molar-refractivity contribution in [3.63, 3.8) is 0 Å². The zero-order chi connectivity index (χ0) is 15.2. The van der Waals surface area contributed by atoms with E-state index in [0.717, 1.165) is 6.07 Å². The smallest absolute Gasteiger partial charge is 0.338 e. The molecule has 0 saturated carbocycles. The van der Waals surface area contributed by atoms with E-state index in [0.29, 0.717) is 6.54 Å². The van der Waals surface area contributed by atoms with E-state index in [4.69, 9.17) is 9.47 Å². The maximum atomic E-state index is 11.8. The molecule has 0 spiro atoms. The number of nitro groups is 1. The lowest BCUT2D eigenvalue weighted by molar-refractivity contribution is -0.385. The maximum absolute atomic E-state index is 11.8. The number of nitrogens with zero attached hydrogens (tertiary/aromatic N) is 3. The number of ether oxygens (including phenoxy) is 2. The molecule has 21 heavy (non-hydrogen) atoms. The molecule has 8 nitrogen and oxygen atoms in total. The Balaban J connectivity index is 2.01. The van der Waals surface area contributed by atoms with Crippen LogP contribution in [0.15, 0.2) is 36.7 Å². The molecule has 8 heteroatoms. The minimum atomic E-state index is -0.632. The molecule has 0 bridgehead atoms. The topological polar surface area (TPSA) is 96.5 Å². The molecule has 0 radical (unpaired) electrons. The Kier molecular flexibility index (Phi) is 4.50. The van der Waals surface area contributed by atoms with Crippen molar-refractivity contribution in [2.75, 3.05) is 13.7 Å². The van der Waals surface area contributed by atoms with Gasteiger partial charge in [0.1, 0.15) is 6.61 Å². The van der Waals surface area contributed by atoms with Gasteiger partial charge in [-0.3, -0.25) is 14.8 Å². The van der Waals surface area contributed by atoms with Crippen LogP contribution < -0.4 is 4.74 Å². The van der Waals surface area contributed by atoms with E-state index < -0.39 is 10.9 Å². The Morgan fingerprint density at radius 2 is 2.29 bits per heavy atom. The molecule has 0 aliphatic heterocycles. The first-order valence-electron chi connectivity index (χ1n) is 6.09. The number of esters is 1. The third kappa shape index (κ3) is 3.56. The number of carbonyl (C=O) groups excluding carboxylic acids is 1. The van der Waals surface area contributed by atoms with Gasteiger partial charge in [-0.15, -0.1) is 0 Å². The Hall–Kier alpha value is -2.90. The van der Waals surface area contributed by atoms with Crippen LogP contribution >= 0.6 is 0 Å². The van der Waals surface area contributed by atoms with E-state index in [1.54, 1.807) is 23.1 Å². The summed E-state index contributed by atoms with van der Waals surface area (Å²) in [4.78, 5) is 22.1. The third-order valence-electron chi connectivity index (χ3n) is 2.72. The Bertz CT molecular complexity index is 639. The summed E-state index contributed by atoms with van der Waals surface area (Å²) >= 11 is 0. The summed E-state index contributed by atoms with van der Waals surface area (Å²) in [7, 11) is 1.32.